The number of ether oxygens (including phenoxy) is 2. The van der Waals surface area contributed by atoms with Crippen LogP contribution in [0.1, 0.15) is 15.9 Å². The predicted molar refractivity (Wildman–Crippen MR) is 136 cm³/mol. The van der Waals surface area contributed by atoms with Gasteiger partial charge in [-0.2, -0.15) is 13.2 Å². The first kappa shape index (κ1) is 26.8. The van der Waals surface area contributed by atoms with Gasteiger partial charge in [0, 0.05) is 16.7 Å². The van der Waals surface area contributed by atoms with Gasteiger partial charge >= 0.3 is 6.18 Å². The van der Waals surface area contributed by atoms with Gasteiger partial charge in [-0.3, -0.25) is 14.9 Å². The first-order chi connectivity index (χ1) is 18.0. The number of hydrogen-bond donors (Lipinski definition) is 1. The summed E-state index contributed by atoms with van der Waals surface area (Å²) in [7, 11) is 0. The number of carbonyl (C=O) groups excluding carboxylic acids is 1. The lowest BCUT2D eigenvalue weighted by molar-refractivity contribution is -0.385. The zero-order valence-corrected chi connectivity index (χ0v) is 20.5. The molecular formula is C26H15Cl2F3N2O5. The molecule has 0 saturated heterocycles. The third kappa shape index (κ3) is 6.72. The summed E-state index contributed by atoms with van der Waals surface area (Å²) in [5, 5.41) is 14.1. The Morgan fingerprint density at radius 3 is 2.08 bits per heavy atom. The van der Waals surface area contributed by atoms with E-state index in [1.807, 2.05) is 0 Å². The Balaban J connectivity index is 1.51. The summed E-state index contributed by atoms with van der Waals surface area (Å²) in [5.41, 5.74) is -1.34. The van der Waals surface area contributed by atoms with E-state index in [1.165, 1.54) is 48.5 Å². The van der Waals surface area contributed by atoms with Crippen LogP contribution >= 0.6 is 23.2 Å². The van der Waals surface area contributed by atoms with Crippen LogP contribution in [0.5, 0.6) is 23.0 Å². The number of nitro benzene ring substituents is 1. The predicted octanol–water partition coefficient (Wildman–Crippen LogP) is 8.76. The lowest BCUT2D eigenvalue weighted by Gasteiger charge is -2.12. The number of nitrogens with zero attached hydrogens (tertiary/aromatic N) is 1. The normalized spacial score (nSPS) is 11.1. The maximum atomic E-state index is 13.0. The van der Waals surface area contributed by atoms with E-state index in [1.54, 1.807) is 18.2 Å². The largest absolute Gasteiger partial charge is 0.457 e. The molecule has 4 aromatic carbocycles. The molecule has 0 aliphatic heterocycles. The van der Waals surface area contributed by atoms with Crippen molar-refractivity contribution in [2.75, 3.05) is 5.32 Å². The van der Waals surface area contributed by atoms with Crippen molar-refractivity contribution in [3.63, 3.8) is 0 Å². The van der Waals surface area contributed by atoms with E-state index in [-0.39, 0.29) is 39.2 Å². The first-order valence-corrected chi connectivity index (χ1v) is 11.4. The highest BCUT2D eigenvalue weighted by molar-refractivity contribution is 6.34. The molecule has 12 heteroatoms. The van der Waals surface area contributed by atoms with Gasteiger partial charge in [0.25, 0.3) is 11.6 Å². The van der Waals surface area contributed by atoms with Gasteiger partial charge in [-0.25, -0.2) is 0 Å². The number of rotatable bonds is 7. The van der Waals surface area contributed by atoms with Gasteiger partial charge in [0.1, 0.15) is 23.0 Å². The first-order valence-electron chi connectivity index (χ1n) is 10.7. The summed E-state index contributed by atoms with van der Waals surface area (Å²) in [6, 6.07) is 18.5. The minimum absolute atomic E-state index is 0.0622. The molecule has 0 aliphatic rings. The van der Waals surface area contributed by atoms with Gasteiger partial charge in [0.2, 0.25) is 0 Å². The Kier molecular flexibility index (Phi) is 7.75. The summed E-state index contributed by atoms with van der Waals surface area (Å²) in [5.74, 6) is 0.105. The van der Waals surface area contributed by atoms with E-state index < -0.39 is 22.6 Å². The van der Waals surface area contributed by atoms with E-state index in [0.717, 1.165) is 18.2 Å². The van der Waals surface area contributed by atoms with Gasteiger partial charge < -0.3 is 14.8 Å². The maximum Gasteiger partial charge on any atom is 0.416 e. The lowest BCUT2D eigenvalue weighted by atomic mass is 10.1. The van der Waals surface area contributed by atoms with Gasteiger partial charge in [-0.15, -0.1) is 0 Å². The van der Waals surface area contributed by atoms with Crippen LogP contribution in [-0.4, -0.2) is 10.8 Å². The fourth-order valence-electron chi connectivity index (χ4n) is 3.25. The number of halogens is 5. The molecule has 4 rings (SSSR count). The molecule has 7 nitrogen and oxygen atoms in total. The molecular weight excluding hydrogens is 548 g/mol. The molecule has 0 fully saturated rings. The van der Waals surface area contributed by atoms with Crippen LogP contribution < -0.4 is 14.8 Å². The maximum absolute atomic E-state index is 13.0. The lowest BCUT2D eigenvalue weighted by Crippen LogP contribution is -2.13. The van der Waals surface area contributed by atoms with Gasteiger partial charge in [0.05, 0.1) is 33.3 Å². The molecule has 1 amide bonds. The highest BCUT2D eigenvalue weighted by Gasteiger charge is 2.31. The molecule has 0 unspecified atom stereocenters. The van der Waals surface area contributed by atoms with Gasteiger partial charge in [0.15, 0.2) is 0 Å². The molecule has 0 saturated carbocycles. The van der Waals surface area contributed by atoms with Crippen LogP contribution in [0.15, 0.2) is 84.9 Å². The van der Waals surface area contributed by atoms with E-state index >= 15 is 0 Å². The Labute approximate surface area is 223 Å². The van der Waals surface area contributed by atoms with Crippen molar-refractivity contribution in [2.24, 2.45) is 0 Å². The van der Waals surface area contributed by atoms with Crippen LogP contribution in [0.25, 0.3) is 0 Å². The number of alkyl halides is 3. The summed E-state index contributed by atoms with van der Waals surface area (Å²) >= 11 is 11.9. The second kappa shape index (κ2) is 11.0. The topological polar surface area (TPSA) is 90.7 Å². The number of benzene rings is 4. The van der Waals surface area contributed by atoms with Crippen molar-refractivity contribution in [1.82, 2.24) is 0 Å². The number of nitro groups is 1. The molecule has 0 aliphatic carbocycles. The summed E-state index contributed by atoms with van der Waals surface area (Å²) in [6.45, 7) is 0. The standard InChI is InChI=1S/C26H15Cl2F3N2O5/c27-17-2-1-3-20(11-17)38-22-13-18(33(35)36)12-21(14-22)37-19-7-4-15(5-8-19)25(34)32-24-10-16(26(29,30)31)6-9-23(24)28/h1-14H,(H,32,34). The molecule has 38 heavy (non-hydrogen) atoms. The minimum Gasteiger partial charge on any atom is -0.457 e. The monoisotopic (exact) mass is 562 g/mol. The number of anilines is 1. The fraction of sp³-hybridized carbons (Fsp3) is 0.0385. The minimum atomic E-state index is -4.60. The Hall–Kier alpha value is -4.28. The Morgan fingerprint density at radius 2 is 1.47 bits per heavy atom. The highest BCUT2D eigenvalue weighted by atomic mass is 35.5. The van der Waals surface area contributed by atoms with Crippen LogP contribution in [0.4, 0.5) is 24.5 Å². The molecule has 0 heterocycles. The van der Waals surface area contributed by atoms with E-state index in [4.69, 9.17) is 32.7 Å². The van der Waals surface area contributed by atoms with Crippen LogP contribution in [0.2, 0.25) is 10.0 Å². The summed E-state index contributed by atoms with van der Waals surface area (Å²) < 4.78 is 50.3. The van der Waals surface area contributed by atoms with E-state index in [9.17, 15) is 28.1 Å². The molecule has 194 valence electrons. The highest BCUT2D eigenvalue weighted by Crippen LogP contribution is 2.35. The van der Waals surface area contributed by atoms with Crippen molar-refractivity contribution >= 4 is 40.5 Å². The Bertz CT molecular complexity index is 1510. The number of amides is 1. The molecule has 0 spiro atoms. The number of carbonyl (C=O) groups is 1. The zero-order chi connectivity index (χ0) is 27.4. The molecule has 0 atom stereocenters. The average molecular weight is 563 g/mol. The fourth-order valence-corrected chi connectivity index (χ4v) is 3.59. The smallest absolute Gasteiger partial charge is 0.416 e. The van der Waals surface area contributed by atoms with Crippen LogP contribution in [-0.2, 0) is 6.18 Å². The number of hydrogen-bond acceptors (Lipinski definition) is 5. The third-order valence-corrected chi connectivity index (χ3v) is 5.57. The molecule has 4 aromatic rings. The second-order valence-electron chi connectivity index (χ2n) is 7.75. The van der Waals surface area contributed by atoms with Gasteiger partial charge in [-0.1, -0.05) is 29.3 Å². The average Bonchev–Trinajstić information content (AvgIpc) is 2.85. The summed E-state index contributed by atoms with van der Waals surface area (Å²) in [4.78, 5) is 23.3. The quantitative estimate of drug-likeness (QED) is 0.179. The second-order valence-corrected chi connectivity index (χ2v) is 8.60. The van der Waals surface area contributed by atoms with Crippen molar-refractivity contribution in [1.29, 1.82) is 0 Å². The van der Waals surface area contributed by atoms with E-state index in [2.05, 4.69) is 5.32 Å². The molecule has 0 aromatic heterocycles. The summed E-state index contributed by atoms with van der Waals surface area (Å²) in [6.07, 6.45) is -4.60. The van der Waals surface area contributed by atoms with Crippen molar-refractivity contribution in [3.8, 4) is 23.0 Å². The van der Waals surface area contributed by atoms with E-state index in [0.29, 0.717) is 10.8 Å². The number of non-ortho nitro benzene ring substituents is 1. The van der Waals surface area contributed by atoms with Crippen molar-refractivity contribution in [2.45, 2.75) is 6.18 Å². The van der Waals surface area contributed by atoms with Crippen molar-refractivity contribution in [3.05, 3.63) is 116 Å². The third-order valence-electron chi connectivity index (χ3n) is 5.00. The zero-order valence-electron chi connectivity index (χ0n) is 19.0. The Morgan fingerprint density at radius 1 is 0.816 bits per heavy atom. The van der Waals surface area contributed by atoms with Crippen LogP contribution in [0.3, 0.4) is 0 Å². The molecule has 1 N–H and O–H groups in total. The van der Waals surface area contributed by atoms with Crippen molar-refractivity contribution < 1.29 is 32.4 Å². The SMILES string of the molecule is O=C(Nc1cc(C(F)(F)F)ccc1Cl)c1ccc(Oc2cc(Oc3cccc(Cl)c3)cc([N+](=O)[O-])c2)cc1. The van der Waals surface area contributed by atoms with Crippen LogP contribution in [0, 0.1) is 10.1 Å². The molecule has 0 radical (unpaired) electrons. The van der Waals surface area contributed by atoms with Gasteiger partial charge in [-0.05, 0) is 60.7 Å². The number of nitrogens with one attached hydrogen (secondary N) is 1. The molecule has 0 bridgehead atoms.